The molecule has 1 aromatic carbocycles. The average Bonchev–Trinajstić information content (AvgIpc) is 2.47. The van der Waals surface area contributed by atoms with Crippen molar-refractivity contribution in [2.45, 2.75) is 6.42 Å². The fraction of sp³-hybridized carbons (Fsp3) is 0.0714. The molecule has 0 aliphatic heterocycles. The zero-order valence-corrected chi connectivity index (χ0v) is 11.5. The Morgan fingerprint density at radius 3 is 2.76 bits per heavy atom. The Bertz CT molecular complexity index is 838. The van der Waals surface area contributed by atoms with E-state index in [9.17, 15) is 10.1 Å². The van der Waals surface area contributed by atoms with E-state index in [1.54, 1.807) is 0 Å². The molecule has 0 saturated heterocycles. The molecular formula is C14H9ClN4O2. The van der Waals surface area contributed by atoms with Crippen molar-refractivity contribution in [1.29, 1.82) is 0 Å². The van der Waals surface area contributed by atoms with Crippen LogP contribution in [0.1, 0.15) is 11.4 Å². The first-order chi connectivity index (χ1) is 10.1. The van der Waals surface area contributed by atoms with Crippen LogP contribution in [0.4, 0.5) is 5.69 Å². The van der Waals surface area contributed by atoms with Gasteiger partial charge in [0.2, 0.25) is 5.28 Å². The summed E-state index contributed by atoms with van der Waals surface area (Å²) in [5.74, 6) is 0. The SMILES string of the molecule is O=[N+]([O-])c1cnc(Cl)nc1Cc1ccc2ccccc2n1. The van der Waals surface area contributed by atoms with Gasteiger partial charge in [0, 0.05) is 17.5 Å². The van der Waals surface area contributed by atoms with Gasteiger partial charge >= 0.3 is 5.69 Å². The second kappa shape index (κ2) is 5.41. The number of halogens is 1. The van der Waals surface area contributed by atoms with Crippen LogP contribution in [0.2, 0.25) is 5.28 Å². The highest BCUT2D eigenvalue weighted by Crippen LogP contribution is 2.20. The summed E-state index contributed by atoms with van der Waals surface area (Å²) >= 11 is 5.72. The van der Waals surface area contributed by atoms with Gasteiger partial charge in [-0.1, -0.05) is 24.3 Å². The van der Waals surface area contributed by atoms with Crippen molar-refractivity contribution in [1.82, 2.24) is 15.0 Å². The van der Waals surface area contributed by atoms with Crippen LogP contribution < -0.4 is 0 Å². The maximum atomic E-state index is 11.0. The van der Waals surface area contributed by atoms with Gasteiger partial charge in [-0.05, 0) is 23.7 Å². The van der Waals surface area contributed by atoms with E-state index in [2.05, 4.69) is 15.0 Å². The first kappa shape index (κ1) is 13.4. The molecule has 0 N–H and O–H groups in total. The minimum atomic E-state index is -0.521. The van der Waals surface area contributed by atoms with Crippen molar-refractivity contribution in [2.75, 3.05) is 0 Å². The summed E-state index contributed by atoms with van der Waals surface area (Å²) in [5, 5.41) is 12.0. The van der Waals surface area contributed by atoms with Crippen LogP contribution in [-0.4, -0.2) is 19.9 Å². The van der Waals surface area contributed by atoms with Crippen LogP contribution in [0.3, 0.4) is 0 Å². The van der Waals surface area contributed by atoms with Gasteiger partial charge in [0.15, 0.2) is 0 Å². The number of nitro groups is 1. The summed E-state index contributed by atoms with van der Waals surface area (Å²) in [6.07, 6.45) is 1.34. The summed E-state index contributed by atoms with van der Waals surface area (Å²) in [7, 11) is 0. The highest BCUT2D eigenvalue weighted by molar-refractivity contribution is 6.28. The molecular weight excluding hydrogens is 292 g/mol. The van der Waals surface area contributed by atoms with E-state index in [4.69, 9.17) is 11.6 Å². The number of aromatic nitrogens is 3. The lowest BCUT2D eigenvalue weighted by atomic mass is 10.1. The Morgan fingerprint density at radius 1 is 1.14 bits per heavy atom. The van der Waals surface area contributed by atoms with Crippen molar-refractivity contribution >= 4 is 28.2 Å². The molecule has 7 heteroatoms. The molecule has 104 valence electrons. The lowest BCUT2D eigenvalue weighted by molar-refractivity contribution is -0.386. The molecule has 2 aromatic heterocycles. The molecule has 0 atom stereocenters. The van der Waals surface area contributed by atoms with Gasteiger partial charge < -0.3 is 0 Å². The van der Waals surface area contributed by atoms with Crippen molar-refractivity contribution in [3.05, 3.63) is 69.4 Å². The third kappa shape index (κ3) is 2.80. The molecule has 6 nitrogen and oxygen atoms in total. The van der Waals surface area contributed by atoms with Gasteiger partial charge in [0.1, 0.15) is 11.9 Å². The standard InChI is InChI=1S/C14H9ClN4O2/c15-14-16-8-13(19(20)21)12(18-14)7-10-6-5-9-3-1-2-4-11(9)17-10/h1-6,8H,7H2. The molecule has 0 unspecified atom stereocenters. The van der Waals surface area contributed by atoms with Crippen LogP contribution in [0.25, 0.3) is 10.9 Å². The summed E-state index contributed by atoms with van der Waals surface area (Å²) in [6.45, 7) is 0. The predicted octanol–water partition coefficient (Wildman–Crippen LogP) is 3.18. The lowest BCUT2D eigenvalue weighted by Crippen LogP contribution is -2.02. The van der Waals surface area contributed by atoms with Crippen molar-refractivity contribution < 1.29 is 4.92 Å². The molecule has 0 spiro atoms. The Labute approximate surface area is 124 Å². The molecule has 0 radical (unpaired) electrons. The molecule has 0 amide bonds. The largest absolute Gasteiger partial charge is 0.309 e. The number of nitrogens with zero attached hydrogens (tertiary/aromatic N) is 4. The Morgan fingerprint density at radius 2 is 1.95 bits per heavy atom. The van der Waals surface area contributed by atoms with Gasteiger partial charge in [-0.3, -0.25) is 15.1 Å². The minimum absolute atomic E-state index is 0.0172. The molecule has 3 aromatic rings. The van der Waals surface area contributed by atoms with Crippen LogP contribution in [0.15, 0.2) is 42.6 Å². The predicted molar refractivity (Wildman–Crippen MR) is 78.2 cm³/mol. The average molecular weight is 301 g/mol. The van der Waals surface area contributed by atoms with E-state index in [1.165, 1.54) is 0 Å². The third-order valence-corrected chi connectivity index (χ3v) is 3.20. The molecule has 0 fully saturated rings. The van der Waals surface area contributed by atoms with Crippen molar-refractivity contribution in [3.63, 3.8) is 0 Å². The normalized spacial score (nSPS) is 10.7. The van der Waals surface area contributed by atoms with E-state index >= 15 is 0 Å². The molecule has 3 rings (SSSR count). The van der Waals surface area contributed by atoms with Crippen molar-refractivity contribution in [3.8, 4) is 0 Å². The second-order valence-electron chi connectivity index (χ2n) is 4.40. The fourth-order valence-corrected chi connectivity index (χ4v) is 2.20. The van der Waals surface area contributed by atoms with Gasteiger partial charge in [0.25, 0.3) is 0 Å². The Kier molecular flexibility index (Phi) is 3.45. The summed E-state index contributed by atoms with van der Waals surface area (Å²) in [5.41, 5.74) is 1.61. The second-order valence-corrected chi connectivity index (χ2v) is 4.74. The molecule has 2 heterocycles. The minimum Gasteiger partial charge on any atom is -0.258 e. The molecule has 0 bridgehead atoms. The topological polar surface area (TPSA) is 81.8 Å². The number of hydrogen-bond acceptors (Lipinski definition) is 5. The number of pyridine rings is 1. The number of rotatable bonds is 3. The van der Waals surface area contributed by atoms with Gasteiger partial charge in [-0.25, -0.2) is 9.97 Å². The maximum absolute atomic E-state index is 11.0. The Balaban J connectivity index is 2.02. The number of benzene rings is 1. The molecule has 0 saturated carbocycles. The van der Waals surface area contributed by atoms with E-state index in [-0.39, 0.29) is 23.1 Å². The van der Waals surface area contributed by atoms with E-state index in [0.29, 0.717) is 5.69 Å². The number of para-hydroxylation sites is 1. The van der Waals surface area contributed by atoms with Gasteiger partial charge in [-0.2, -0.15) is 0 Å². The lowest BCUT2D eigenvalue weighted by Gasteiger charge is -2.04. The highest BCUT2D eigenvalue weighted by atomic mass is 35.5. The van der Waals surface area contributed by atoms with Crippen LogP contribution in [-0.2, 0) is 6.42 Å². The van der Waals surface area contributed by atoms with Crippen molar-refractivity contribution in [2.24, 2.45) is 0 Å². The molecule has 21 heavy (non-hydrogen) atoms. The maximum Gasteiger partial charge on any atom is 0.309 e. The molecule has 0 aliphatic rings. The summed E-state index contributed by atoms with van der Waals surface area (Å²) in [6, 6.07) is 11.4. The highest BCUT2D eigenvalue weighted by Gasteiger charge is 2.17. The number of fused-ring (bicyclic) bond motifs is 1. The molecule has 0 aliphatic carbocycles. The zero-order chi connectivity index (χ0) is 14.8. The quantitative estimate of drug-likeness (QED) is 0.421. The smallest absolute Gasteiger partial charge is 0.258 e. The van der Waals surface area contributed by atoms with E-state index in [1.807, 2.05) is 36.4 Å². The first-order valence-electron chi connectivity index (χ1n) is 6.14. The van der Waals surface area contributed by atoms with Crippen LogP contribution in [0.5, 0.6) is 0 Å². The van der Waals surface area contributed by atoms with E-state index < -0.39 is 4.92 Å². The third-order valence-electron chi connectivity index (χ3n) is 3.02. The monoisotopic (exact) mass is 300 g/mol. The van der Waals surface area contributed by atoms with Crippen LogP contribution in [0, 0.1) is 10.1 Å². The first-order valence-corrected chi connectivity index (χ1v) is 6.52. The van der Waals surface area contributed by atoms with E-state index in [0.717, 1.165) is 17.1 Å². The van der Waals surface area contributed by atoms with Gasteiger partial charge in [-0.15, -0.1) is 0 Å². The number of hydrogen-bond donors (Lipinski definition) is 0. The zero-order valence-electron chi connectivity index (χ0n) is 10.7. The van der Waals surface area contributed by atoms with Gasteiger partial charge in [0.05, 0.1) is 10.4 Å². The van der Waals surface area contributed by atoms with Crippen LogP contribution >= 0.6 is 11.6 Å². The fourth-order valence-electron chi connectivity index (χ4n) is 2.05. The Hall–Kier alpha value is -2.60. The summed E-state index contributed by atoms with van der Waals surface area (Å²) in [4.78, 5) is 22.5. The summed E-state index contributed by atoms with van der Waals surface area (Å²) < 4.78 is 0.